The molecular weight excluding hydrogens is 408 g/mol. The molecular formula is C30H24O3. The Morgan fingerprint density at radius 3 is 0.970 bits per heavy atom. The molecule has 0 bridgehead atoms. The number of hydrogen-bond donors (Lipinski definition) is 0. The van der Waals surface area contributed by atoms with Gasteiger partial charge in [0.05, 0.1) is 0 Å². The Kier molecular flexibility index (Phi) is 6.14. The summed E-state index contributed by atoms with van der Waals surface area (Å²) in [6.45, 7) is 6.24. The minimum atomic E-state index is 0.612. The molecule has 0 saturated heterocycles. The molecule has 0 atom stereocenters. The molecule has 3 heteroatoms. The first-order valence-electron chi connectivity index (χ1n) is 10.8. The summed E-state index contributed by atoms with van der Waals surface area (Å²) in [5.74, 6) is 0. The Morgan fingerprint density at radius 2 is 0.727 bits per heavy atom. The standard InChI is InChI=1S/C30H24O3/c1-19-28(25-10-4-7-22(13-25)16-31)20(2)30(27-12-6-9-24(15-27)18-33)21(3)29(19)26-11-5-8-23(14-26)17-32/h4-18H,1-3H3. The number of aldehydes is 3. The highest BCUT2D eigenvalue weighted by Gasteiger charge is 2.21. The van der Waals surface area contributed by atoms with Gasteiger partial charge >= 0.3 is 0 Å². The van der Waals surface area contributed by atoms with E-state index >= 15 is 0 Å². The zero-order valence-corrected chi connectivity index (χ0v) is 18.9. The number of carbonyl (C=O) groups is 3. The van der Waals surface area contributed by atoms with Crippen LogP contribution in [0.3, 0.4) is 0 Å². The minimum Gasteiger partial charge on any atom is -0.298 e. The fraction of sp³-hybridized carbons (Fsp3) is 0.100. The van der Waals surface area contributed by atoms with E-state index in [1.54, 1.807) is 18.2 Å². The van der Waals surface area contributed by atoms with Gasteiger partial charge in [0.2, 0.25) is 0 Å². The van der Waals surface area contributed by atoms with E-state index in [4.69, 9.17) is 0 Å². The van der Waals surface area contributed by atoms with Gasteiger partial charge in [0.25, 0.3) is 0 Å². The van der Waals surface area contributed by atoms with Crippen LogP contribution in [0.5, 0.6) is 0 Å². The van der Waals surface area contributed by atoms with Crippen molar-refractivity contribution in [1.82, 2.24) is 0 Å². The SMILES string of the molecule is Cc1c(-c2cccc(C=O)c2)c(C)c(-c2cccc(C=O)c2)c(C)c1-c1cccc(C=O)c1. The van der Waals surface area contributed by atoms with Crippen molar-refractivity contribution in [2.24, 2.45) is 0 Å². The lowest BCUT2D eigenvalue weighted by molar-refractivity contribution is 0.111. The zero-order valence-electron chi connectivity index (χ0n) is 18.9. The largest absolute Gasteiger partial charge is 0.298 e. The molecule has 0 N–H and O–H groups in total. The van der Waals surface area contributed by atoms with Gasteiger partial charge in [0.1, 0.15) is 18.9 Å². The predicted octanol–water partition coefficient (Wildman–Crippen LogP) is 7.05. The average Bonchev–Trinajstić information content (AvgIpc) is 2.84. The van der Waals surface area contributed by atoms with Crippen LogP contribution in [-0.4, -0.2) is 18.9 Å². The summed E-state index contributed by atoms with van der Waals surface area (Å²) in [5, 5.41) is 0. The molecule has 0 amide bonds. The monoisotopic (exact) mass is 432 g/mol. The average molecular weight is 433 g/mol. The van der Waals surface area contributed by atoms with E-state index in [1.165, 1.54) is 0 Å². The second-order valence-corrected chi connectivity index (χ2v) is 8.23. The van der Waals surface area contributed by atoms with Crippen molar-refractivity contribution >= 4 is 18.9 Å². The second kappa shape index (κ2) is 9.17. The van der Waals surface area contributed by atoms with Crippen LogP contribution in [0.1, 0.15) is 47.8 Å². The molecule has 4 rings (SSSR count). The smallest absolute Gasteiger partial charge is 0.150 e. The number of benzene rings is 4. The van der Waals surface area contributed by atoms with E-state index in [-0.39, 0.29) is 0 Å². The molecule has 0 aliphatic heterocycles. The van der Waals surface area contributed by atoms with Crippen LogP contribution in [0.2, 0.25) is 0 Å². The molecule has 0 heterocycles. The number of carbonyl (C=O) groups excluding carboxylic acids is 3. The normalized spacial score (nSPS) is 10.6. The Morgan fingerprint density at radius 1 is 0.455 bits per heavy atom. The predicted molar refractivity (Wildman–Crippen MR) is 133 cm³/mol. The van der Waals surface area contributed by atoms with Gasteiger partial charge in [-0.2, -0.15) is 0 Å². The van der Waals surface area contributed by atoms with Gasteiger partial charge in [0, 0.05) is 16.7 Å². The van der Waals surface area contributed by atoms with Crippen LogP contribution in [0.4, 0.5) is 0 Å². The third-order valence-corrected chi connectivity index (χ3v) is 6.18. The van der Waals surface area contributed by atoms with Gasteiger partial charge in [-0.15, -0.1) is 0 Å². The quantitative estimate of drug-likeness (QED) is 0.307. The lowest BCUT2D eigenvalue weighted by atomic mass is 9.80. The van der Waals surface area contributed by atoms with Crippen LogP contribution in [0, 0.1) is 20.8 Å². The molecule has 0 aliphatic rings. The van der Waals surface area contributed by atoms with Gasteiger partial charge in [0.15, 0.2) is 0 Å². The number of hydrogen-bond acceptors (Lipinski definition) is 3. The fourth-order valence-corrected chi connectivity index (χ4v) is 4.82. The summed E-state index contributed by atoms with van der Waals surface area (Å²) in [7, 11) is 0. The van der Waals surface area contributed by atoms with Crippen molar-refractivity contribution in [3.63, 3.8) is 0 Å². The molecule has 0 aromatic heterocycles. The fourth-order valence-electron chi connectivity index (χ4n) is 4.82. The van der Waals surface area contributed by atoms with Crippen molar-refractivity contribution in [1.29, 1.82) is 0 Å². The summed E-state index contributed by atoms with van der Waals surface area (Å²) in [6.07, 6.45) is 2.56. The maximum absolute atomic E-state index is 11.5. The van der Waals surface area contributed by atoms with Crippen LogP contribution in [0.25, 0.3) is 33.4 Å². The highest BCUT2D eigenvalue weighted by molar-refractivity contribution is 5.94. The molecule has 4 aromatic rings. The van der Waals surface area contributed by atoms with E-state index in [0.29, 0.717) is 16.7 Å². The van der Waals surface area contributed by atoms with Crippen LogP contribution in [-0.2, 0) is 0 Å². The van der Waals surface area contributed by atoms with Crippen molar-refractivity contribution in [2.45, 2.75) is 20.8 Å². The highest BCUT2D eigenvalue weighted by atomic mass is 16.1. The van der Waals surface area contributed by atoms with Gasteiger partial charge < -0.3 is 0 Å². The minimum absolute atomic E-state index is 0.612. The summed E-state index contributed by atoms with van der Waals surface area (Å²) in [5.41, 5.74) is 11.1. The molecule has 162 valence electrons. The Balaban J connectivity index is 2.13. The molecule has 33 heavy (non-hydrogen) atoms. The number of rotatable bonds is 6. The van der Waals surface area contributed by atoms with Crippen LogP contribution < -0.4 is 0 Å². The second-order valence-electron chi connectivity index (χ2n) is 8.23. The van der Waals surface area contributed by atoms with E-state index in [1.807, 2.05) is 54.6 Å². The summed E-state index contributed by atoms with van der Waals surface area (Å²) in [4.78, 5) is 34.4. The first kappa shape index (κ1) is 22.1. The van der Waals surface area contributed by atoms with Gasteiger partial charge in [-0.25, -0.2) is 0 Å². The van der Waals surface area contributed by atoms with E-state index in [2.05, 4.69) is 20.8 Å². The third-order valence-electron chi connectivity index (χ3n) is 6.18. The van der Waals surface area contributed by atoms with Crippen molar-refractivity contribution < 1.29 is 14.4 Å². The van der Waals surface area contributed by atoms with Gasteiger partial charge in [-0.1, -0.05) is 54.6 Å². The lowest BCUT2D eigenvalue weighted by Crippen LogP contribution is -2.01. The lowest BCUT2D eigenvalue weighted by Gasteiger charge is -2.23. The van der Waals surface area contributed by atoms with E-state index in [9.17, 15) is 14.4 Å². The molecule has 0 aliphatic carbocycles. The molecule has 3 nitrogen and oxygen atoms in total. The van der Waals surface area contributed by atoms with Crippen LogP contribution in [0.15, 0.2) is 72.8 Å². The molecule has 0 unspecified atom stereocenters. The Labute approximate surface area is 193 Å². The van der Waals surface area contributed by atoms with Gasteiger partial charge in [-0.05, 0) is 89.0 Å². The molecule has 0 saturated carbocycles. The Hall–Kier alpha value is -4.11. The molecule has 4 aromatic carbocycles. The molecule has 0 fully saturated rings. The topological polar surface area (TPSA) is 51.2 Å². The van der Waals surface area contributed by atoms with Crippen LogP contribution >= 0.6 is 0 Å². The van der Waals surface area contributed by atoms with Crippen molar-refractivity contribution in [3.8, 4) is 33.4 Å². The highest BCUT2D eigenvalue weighted by Crippen LogP contribution is 2.44. The maximum Gasteiger partial charge on any atom is 0.150 e. The molecule has 0 spiro atoms. The summed E-state index contributed by atoms with van der Waals surface area (Å²) >= 11 is 0. The summed E-state index contributed by atoms with van der Waals surface area (Å²) < 4.78 is 0. The summed E-state index contributed by atoms with van der Waals surface area (Å²) in [6, 6.07) is 22.7. The van der Waals surface area contributed by atoms with E-state index in [0.717, 1.165) is 68.9 Å². The van der Waals surface area contributed by atoms with Gasteiger partial charge in [-0.3, -0.25) is 14.4 Å². The van der Waals surface area contributed by atoms with Crippen molar-refractivity contribution in [3.05, 3.63) is 106 Å². The molecule has 0 radical (unpaired) electrons. The van der Waals surface area contributed by atoms with E-state index < -0.39 is 0 Å². The third kappa shape index (κ3) is 4.06. The zero-order chi connectivity index (χ0) is 23.5. The maximum atomic E-state index is 11.5. The first-order valence-corrected chi connectivity index (χ1v) is 10.8. The Bertz CT molecular complexity index is 1200. The van der Waals surface area contributed by atoms with Crippen molar-refractivity contribution in [2.75, 3.05) is 0 Å². The first-order chi connectivity index (χ1) is 16.0.